The van der Waals surface area contributed by atoms with E-state index in [1.165, 1.54) is 38.5 Å². The number of carboxylic acids is 1. The van der Waals surface area contributed by atoms with Crippen LogP contribution in [0.15, 0.2) is 30.6 Å². The van der Waals surface area contributed by atoms with Crippen molar-refractivity contribution in [1.82, 2.24) is 14.8 Å². The number of pyridine rings is 1. The molecule has 0 atom stereocenters. The molecule has 0 radical (unpaired) electrons. The fraction of sp³-hybridized carbons (Fsp3) is 0.480. The maximum Gasteiger partial charge on any atom is 0.338 e. The average molecular weight is 417 g/mol. The Morgan fingerprint density at radius 1 is 1.13 bits per heavy atom. The first-order chi connectivity index (χ1) is 14.9. The van der Waals surface area contributed by atoms with E-state index in [-0.39, 0.29) is 5.56 Å². The van der Waals surface area contributed by atoms with E-state index in [2.05, 4.69) is 16.6 Å². The number of aromatic carboxylic acids is 1. The van der Waals surface area contributed by atoms with Crippen molar-refractivity contribution < 1.29 is 9.90 Å². The Labute approximate surface area is 181 Å². The van der Waals surface area contributed by atoms with Crippen molar-refractivity contribution in [1.29, 1.82) is 0 Å². The van der Waals surface area contributed by atoms with Crippen molar-refractivity contribution in [3.63, 3.8) is 0 Å². The molecule has 2 heterocycles. The number of nitrogens with zero attached hydrogens (tertiary/aromatic N) is 3. The number of carbonyl (C=O) groups is 1. The van der Waals surface area contributed by atoms with Crippen LogP contribution in [0.1, 0.15) is 54.6 Å². The summed E-state index contributed by atoms with van der Waals surface area (Å²) < 4.78 is 2.13. The lowest BCUT2D eigenvalue weighted by Gasteiger charge is -2.56. The van der Waals surface area contributed by atoms with Crippen molar-refractivity contribution >= 4 is 22.6 Å². The van der Waals surface area contributed by atoms with Gasteiger partial charge in [-0.05, 0) is 74.7 Å². The predicted octanol–water partition coefficient (Wildman–Crippen LogP) is 4.90. The zero-order chi connectivity index (χ0) is 21.3. The number of nitrogens with two attached hydrogens (primary N) is 1. The van der Waals surface area contributed by atoms with E-state index in [4.69, 9.17) is 10.8 Å². The van der Waals surface area contributed by atoms with Gasteiger partial charge in [0.2, 0.25) is 0 Å². The SMILES string of the molecule is Cc1c(-c2ccc3c(N)ccnc3c2C(=O)O)cnn1CC12CC3CC(CC(C3)C1)C2. The lowest BCUT2D eigenvalue weighted by Crippen LogP contribution is -2.48. The van der Waals surface area contributed by atoms with Crippen LogP contribution in [0, 0.1) is 30.1 Å². The van der Waals surface area contributed by atoms with Gasteiger partial charge in [0.1, 0.15) is 0 Å². The van der Waals surface area contributed by atoms with Crippen LogP contribution >= 0.6 is 0 Å². The second-order valence-corrected chi connectivity index (χ2v) is 10.3. The first-order valence-corrected chi connectivity index (χ1v) is 11.4. The lowest BCUT2D eigenvalue weighted by atomic mass is 9.49. The Balaban J connectivity index is 1.41. The standard InChI is InChI=1S/C25H28N4O2/c1-14-20(18-2-3-19-21(26)4-5-27-23(19)22(18)24(30)31)12-28-29(14)13-25-9-15-6-16(10-25)8-17(7-15)11-25/h2-5,12,15-17H,6-11,13H2,1H3,(H2,26,27)(H,30,31). The molecule has 3 N–H and O–H groups in total. The van der Waals surface area contributed by atoms with Crippen LogP contribution < -0.4 is 5.73 Å². The number of carboxylic acid groups (broad SMARTS) is 1. The van der Waals surface area contributed by atoms with Crippen molar-refractivity contribution in [3.8, 4) is 11.1 Å². The molecule has 0 spiro atoms. The number of fused-ring (bicyclic) bond motifs is 1. The first-order valence-electron chi connectivity index (χ1n) is 11.4. The molecule has 4 fully saturated rings. The minimum absolute atomic E-state index is 0.197. The maximum atomic E-state index is 12.2. The van der Waals surface area contributed by atoms with Crippen LogP contribution in [0.25, 0.3) is 22.0 Å². The fourth-order valence-corrected chi connectivity index (χ4v) is 7.35. The summed E-state index contributed by atoms with van der Waals surface area (Å²) in [5.41, 5.74) is 10.2. The molecule has 0 unspecified atom stereocenters. The van der Waals surface area contributed by atoms with Crippen LogP contribution in [0.3, 0.4) is 0 Å². The summed E-state index contributed by atoms with van der Waals surface area (Å²) in [6.45, 7) is 3.01. The van der Waals surface area contributed by atoms with Gasteiger partial charge in [-0.15, -0.1) is 0 Å². The Morgan fingerprint density at radius 3 is 2.45 bits per heavy atom. The lowest BCUT2D eigenvalue weighted by molar-refractivity contribution is -0.0638. The molecule has 4 bridgehead atoms. The van der Waals surface area contributed by atoms with Gasteiger partial charge >= 0.3 is 5.97 Å². The van der Waals surface area contributed by atoms with Crippen LogP contribution in [0.4, 0.5) is 5.69 Å². The Kier molecular flexibility index (Phi) is 3.98. The van der Waals surface area contributed by atoms with Gasteiger partial charge < -0.3 is 10.8 Å². The molecule has 160 valence electrons. The second kappa shape index (κ2) is 6.55. The fourth-order valence-electron chi connectivity index (χ4n) is 7.35. The average Bonchev–Trinajstić information content (AvgIpc) is 3.05. The van der Waals surface area contributed by atoms with Gasteiger partial charge in [-0.3, -0.25) is 9.67 Å². The molecule has 0 saturated heterocycles. The first kappa shape index (κ1) is 18.8. The number of hydrogen-bond donors (Lipinski definition) is 2. The minimum Gasteiger partial charge on any atom is -0.478 e. The molecule has 3 aromatic rings. The number of rotatable bonds is 4. The molecule has 1 aromatic carbocycles. The van der Waals surface area contributed by atoms with E-state index in [0.29, 0.717) is 27.6 Å². The quantitative estimate of drug-likeness (QED) is 0.631. The summed E-state index contributed by atoms with van der Waals surface area (Å²) in [7, 11) is 0. The molecule has 31 heavy (non-hydrogen) atoms. The van der Waals surface area contributed by atoms with Crippen LogP contribution in [-0.2, 0) is 6.54 Å². The summed E-state index contributed by atoms with van der Waals surface area (Å²) in [5.74, 6) is 1.71. The molecule has 7 rings (SSSR count). The van der Waals surface area contributed by atoms with Crippen molar-refractivity contribution in [3.05, 3.63) is 41.9 Å². The van der Waals surface area contributed by atoms with Crippen LogP contribution in [0.5, 0.6) is 0 Å². The number of benzene rings is 1. The molecule has 2 aromatic heterocycles. The van der Waals surface area contributed by atoms with Gasteiger partial charge in [0.05, 0.1) is 17.3 Å². The maximum absolute atomic E-state index is 12.2. The highest BCUT2D eigenvalue weighted by Gasteiger charge is 2.51. The van der Waals surface area contributed by atoms with Gasteiger partial charge in [0, 0.05) is 40.6 Å². The highest BCUT2D eigenvalue weighted by atomic mass is 16.4. The molecule has 6 heteroatoms. The Morgan fingerprint density at radius 2 is 1.81 bits per heavy atom. The topological polar surface area (TPSA) is 94.0 Å². The number of hydrogen-bond acceptors (Lipinski definition) is 4. The van der Waals surface area contributed by atoms with Crippen LogP contribution in [-0.4, -0.2) is 25.8 Å². The Bertz CT molecular complexity index is 1180. The highest BCUT2D eigenvalue weighted by molar-refractivity contribution is 6.10. The minimum atomic E-state index is -0.994. The summed E-state index contributed by atoms with van der Waals surface area (Å²) in [5, 5.41) is 15.4. The molecular weight excluding hydrogens is 388 g/mol. The molecule has 0 amide bonds. The third-order valence-electron chi connectivity index (χ3n) is 8.20. The summed E-state index contributed by atoms with van der Waals surface area (Å²) in [6, 6.07) is 5.42. The summed E-state index contributed by atoms with van der Waals surface area (Å²) in [4.78, 5) is 16.6. The van der Waals surface area contributed by atoms with E-state index < -0.39 is 5.97 Å². The third-order valence-corrected chi connectivity index (χ3v) is 8.20. The van der Waals surface area contributed by atoms with E-state index in [1.54, 1.807) is 12.3 Å². The van der Waals surface area contributed by atoms with Gasteiger partial charge in [-0.25, -0.2) is 4.79 Å². The number of aromatic nitrogens is 3. The molecule has 6 nitrogen and oxygen atoms in total. The van der Waals surface area contributed by atoms with Crippen molar-refractivity contribution in [2.45, 2.75) is 52.0 Å². The van der Waals surface area contributed by atoms with Gasteiger partial charge in [-0.2, -0.15) is 5.10 Å². The normalized spacial score (nSPS) is 29.0. The molecule has 4 aliphatic carbocycles. The van der Waals surface area contributed by atoms with E-state index in [9.17, 15) is 9.90 Å². The number of anilines is 1. The van der Waals surface area contributed by atoms with E-state index in [0.717, 1.165) is 35.6 Å². The zero-order valence-electron chi connectivity index (χ0n) is 17.8. The zero-order valence-corrected chi connectivity index (χ0v) is 17.8. The number of nitrogen functional groups attached to an aromatic ring is 1. The smallest absolute Gasteiger partial charge is 0.338 e. The van der Waals surface area contributed by atoms with Crippen molar-refractivity contribution in [2.75, 3.05) is 5.73 Å². The van der Waals surface area contributed by atoms with Crippen molar-refractivity contribution in [2.24, 2.45) is 23.2 Å². The molecule has 0 aliphatic heterocycles. The van der Waals surface area contributed by atoms with E-state index >= 15 is 0 Å². The van der Waals surface area contributed by atoms with Crippen LogP contribution in [0.2, 0.25) is 0 Å². The molecule has 4 aliphatic rings. The second-order valence-electron chi connectivity index (χ2n) is 10.3. The van der Waals surface area contributed by atoms with Gasteiger partial charge in [0.25, 0.3) is 0 Å². The molecular formula is C25H28N4O2. The largest absolute Gasteiger partial charge is 0.478 e. The summed E-state index contributed by atoms with van der Waals surface area (Å²) >= 11 is 0. The molecule has 4 saturated carbocycles. The highest BCUT2D eigenvalue weighted by Crippen LogP contribution is 2.60. The third kappa shape index (κ3) is 2.87. The predicted molar refractivity (Wildman–Crippen MR) is 120 cm³/mol. The van der Waals surface area contributed by atoms with Gasteiger partial charge in [0.15, 0.2) is 0 Å². The van der Waals surface area contributed by atoms with Gasteiger partial charge in [-0.1, -0.05) is 12.1 Å². The summed E-state index contributed by atoms with van der Waals surface area (Å²) in [6.07, 6.45) is 11.7. The monoisotopic (exact) mass is 416 g/mol. The Hall–Kier alpha value is -2.89. The van der Waals surface area contributed by atoms with E-state index in [1.807, 2.05) is 18.3 Å².